The second kappa shape index (κ2) is 9.40. The van der Waals surface area contributed by atoms with Crippen LogP contribution in [0.15, 0.2) is 48.5 Å². The van der Waals surface area contributed by atoms with Crippen LogP contribution in [0.25, 0.3) is 0 Å². The van der Waals surface area contributed by atoms with Gasteiger partial charge in [0.25, 0.3) is 0 Å². The number of nitrogens with zero attached hydrogens (tertiary/aromatic N) is 4. The summed E-state index contributed by atoms with van der Waals surface area (Å²) >= 11 is 0. The number of morpholine rings is 1. The van der Waals surface area contributed by atoms with Crippen LogP contribution < -0.4 is 20.3 Å². The maximum Gasteiger partial charge on any atom is 0.233 e. The first-order chi connectivity index (χ1) is 15.1. The van der Waals surface area contributed by atoms with E-state index in [-0.39, 0.29) is 5.78 Å². The number of carbonyl (C=O) groups excluding carboxylic acids is 1. The van der Waals surface area contributed by atoms with Crippen molar-refractivity contribution in [1.82, 2.24) is 15.0 Å². The summed E-state index contributed by atoms with van der Waals surface area (Å²) in [5.41, 5.74) is 2.13. The van der Waals surface area contributed by atoms with E-state index in [0.29, 0.717) is 49.7 Å². The van der Waals surface area contributed by atoms with Crippen LogP contribution >= 0.6 is 0 Å². The number of carbonyl (C=O) groups is 1. The number of benzene rings is 2. The molecule has 160 valence electrons. The number of Topliss-reactive ketones (excluding diaryl/α,β-unsaturated/α-hetero) is 1. The highest BCUT2D eigenvalue weighted by Gasteiger charge is 2.17. The second-order valence-corrected chi connectivity index (χ2v) is 7.00. The maximum absolute atomic E-state index is 11.7. The summed E-state index contributed by atoms with van der Waals surface area (Å²) in [6, 6.07) is 14.8. The third kappa shape index (κ3) is 5.26. The first kappa shape index (κ1) is 20.5. The van der Waals surface area contributed by atoms with Gasteiger partial charge >= 0.3 is 0 Å². The Labute approximate surface area is 180 Å². The molecule has 1 aliphatic heterocycles. The third-order valence-electron chi connectivity index (χ3n) is 4.77. The fourth-order valence-electron chi connectivity index (χ4n) is 3.16. The number of ether oxygens (including phenoxy) is 2. The Hall–Kier alpha value is -3.72. The molecule has 0 spiro atoms. The van der Waals surface area contributed by atoms with Crippen LogP contribution in [-0.2, 0) is 4.74 Å². The lowest BCUT2D eigenvalue weighted by atomic mass is 10.1. The van der Waals surface area contributed by atoms with Gasteiger partial charge in [-0.15, -0.1) is 0 Å². The van der Waals surface area contributed by atoms with Crippen molar-refractivity contribution in [2.45, 2.75) is 6.92 Å². The molecule has 2 heterocycles. The number of aromatic nitrogens is 3. The predicted octanol–water partition coefficient (Wildman–Crippen LogP) is 3.41. The molecule has 31 heavy (non-hydrogen) atoms. The monoisotopic (exact) mass is 420 g/mol. The molecule has 1 saturated heterocycles. The van der Waals surface area contributed by atoms with Gasteiger partial charge in [-0.2, -0.15) is 15.0 Å². The molecule has 9 heteroatoms. The lowest BCUT2D eigenvalue weighted by Crippen LogP contribution is -2.37. The first-order valence-electron chi connectivity index (χ1n) is 9.98. The molecule has 9 nitrogen and oxygen atoms in total. The van der Waals surface area contributed by atoms with Gasteiger partial charge in [0.1, 0.15) is 5.75 Å². The Kier molecular flexibility index (Phi) is 6.23. The number of hydrogen-bond donors (Lipinski definition) is 2. The summed E-state index contributed by atoms with van der Waals surface area (Å²) in [5, 5.41) is 6.41. The molecule has 0 bridgehead atoms. The van der Waals surface area contributed by atoms with Gasteiger partial charge in [0.15, 0.2) is 5.78 Å². The molecule has 0 amide bonds. The molecule has 1 fully saturated rings. The van der Waals surface area contributed by atoms with Gasteiger partial charge < -0.3 is 25.0 Å². The summed E-state index contributed by atoms with van der Waals surface area (Å²) < 4.78 is 10.7. The average Bonchev–Trinajstić information content (AvgIpc) is 2.80. The summed E-state index contributed by atoms with van der Waals surface area (Å²) in [7, 11) is 1.62. The molecule has 2 aromatic carbocycles. The Morgan fingerprint density at radius 2 is 1.61 bits per heavy atom. The Balaban J connectivity index is 1.65. The van der Waals surface area contributed by atoms with Gasteiger partial charge in [-0.1, -0.05) is 18.2 Å². The minimum atomic E-state index is -0.00585. The van der Waals surface area contributed by atoms with Crippen molar-refractivity contribution in [1.29, 1.82) is 0 Å². The molecule has 3 aromatic rings. The van der Waals surface area contributed by atoms with E-state index in [0.717, 1.165) is 17.1 Å². The first-order valence-corrected chi connectivity index (χ1v) is 9.98. The molecular formula is C22H24N6O3. The quantitative estimate of drug-likeness (QED) is 0.557. The SMILES string of the molecule is COc1cccc(Nc2nc(Nc3cccc(C(C)=O)c3)nc(N3CCOCC3)n2)c1. The summed E-state index contributed by atoms with van der Waals surface area (Å²) in [5.74, 6) is 2.05. The summed E-state index contributed by atoms with van der Waals surface area (Å²) in [6.07, 6.45) is 0. The Morgan fingerprint density at radius 1 is 0.968 bits per heavy atom. The van der Waals surface area contributed by atoms with Crippen LogP contribution in [0, 0.1) is 0 Å². The van der Waals surface area contributed by atoms with Crippen molar-refractivity contribution >= 4 is 35.0 Å². The molecule has 0 aliphatic carbocycles. The minimum absolute atomic E-state index is 0.00585. The van der Waals surface area contributed by atoms with E-state index in [9.17, 15) is 4.79 Å². The highest BCUT2D eigenvalue weighted by molar-refractivity contribution is 5.95. The highest BCUT2D eigenvalue weighted by atomic mass is 16.5. The number of rotatable bonds is 7. The normalized spacial score (nSPS) is 13.5. The fourth-order valence-corrected chi connectivity index (χ4v) is 3.16. The average molecular weight is 420 g/mol. The lowest BCUT2D eigenvalue weighted by Gasteiger charge is -2.27. The molecule has 0 unspecified atom stereocenters. The maximum atomic E-state index is 11.7. The zero-order chi connectivity index (χ0) is 21.6. The number of methoxy groups -OCH3 is 1. The number of ketones is 1. The fraction of sp³-hybridized carbons (Fsp3) is 0.273. The smallest absolute Gasteiger partial charge is 0.233 e. The van der Waals surface area contributed by atoms with E-state index in [1.807, 2.05) is 36.4 Å². The zero-order valence-corrected chi connectivity index (χ0v) is 17.5. The lowest BCUT2D eigenvalue weighted by molar-refractivity contribution is 0.101. The number of hydrogen-bond acceptors (Lipinski definition) is 9. The van der Waals surface area contributed by atoms with Crippen LogP contribution in [0.3, 0.4) is 0 Å². The van der Waals surface area contributed by atoms with Crippen molar-refractivity contribution in [3.8, 4) is 5.75 Å². The van der Waals surface area contributed by atoms with E-state index in [1.165, 1.54) is 6.92 Å². The van der Waals surface area contributed by atoms with Crippen LogP contribution in [-0.4, -0.2) is 54.1 Å². The standard InChI is InChI=1S/C22H24N6O3/c1-15(29)16-5-3-6-17(13-16)23-20-25-21(24-18-7-4-8-19(14-18)30-2)27-22(26-20)28-9-11-31-12-10-28/h3-8,13-14H,9-12H2,1-2H3,(H2,23,24,25,26,27). The van der Waals surface area contributed by atoms with Crippen LogP contribution in [0.5, 0.6) is 5.75 Å². The molecule has 4 rings (SSSR count). The minimum Gasteiger partial charge on any atom is -0.497 e. The Morgan fingerprint density at radius 3 is 2.26 bits per heavy atom. The second-order valence-electron chi connectivity index (χ2n) is 7.00. The molecule has 2 N–H and O–H groups in total. The topological polar surface area (TPSA) is 102 Å². The largest absolute Gasteiger partial charge is 0.497 e. The van der Waals surface area contributed by atoms with Crippen molar-refractivity contribution in [2.75, 3.05) is 48.9 Å². The van der Waals surface area contributed by atoms with Crippen LogP contribution in [0.1, 0.15) is 17.3 Å². The highest BCUT2D eigenvalue weighted by Crippen LogP contribution is 2.23. The molecule has 0 atom stereocenters. The van der Waals surface area contributed by atoms with E-state index in [2.05, 4.69) is 30.5 Å². The molecule has 0 radical (unpaired) electrons. The van der Waals surface area contributed by atoms with Gasteiger partial charge in [0.2, 0.25) is 17.8 Å². The van der Waals surface area contributed by atoms with Gasteiger partial charge in [-0.05, 0) is 31.2 Å². The van der Waals surface area contributed by atoms with Crippen molar-refractivity contribution in [3.05, 3.63) is 54.1 Å². The zero-order valence-electron chi connectivity index (χ0n) is 17.5. The number of nitrogens with one attached hydrogen (secondary N) is 2. The number of anilines is 5. The van der Waals surface area contributed by atoms with Crippen molar-refractivity contribution in [2.24, 2.45) is 0 Å². The van der Waals surface area contributed by atoms with Crippen LogP contribution in [0.2, 0.25) is 0 Å². The summed E-state index contributed by atoms with van der Waals surface area (Å²) in [6.45, 7) is 4.17. The molecule has 1 aliphatic rings. The van der Waals surface area contributed by atoms with E-state index < -0.39 is 0 Å². The predicted molar refractivity (Wildman–Crippen MR) is 119 cm³/mol. The van der Waals surface area contributed by atoms with E-state index in [1.54, 1.807) is 19.2 Å². The third-order valence-corrected chi connectivity index (χ3v) is 4.77. The van der Waals surface area contributed by atoms with E-state index >= 15 is 0 Å². The van der Waals surface area contributed by atoms with Gasteiger partial charge in [-0.25, -0.2) is 0 Å². The van der Waals surface area contributed by atoms with Crippen molar-refractivity contribution in [3.63, 3.8) is 0 Å². The molecule has 0 saturated carbocycles. The van der Waals surface area contributed by atoms with Crippen LogP contribution in [0.4, 0.5) is 29.2 Å². The van der Waals surface area contributed by atoms with E-state index in [4.69, 9.17) is 9.47 Å². The summed E-state index contributed by atoms with van der Waals surface area (Å²) in [4.78, 5) is 27.5. The van der Waals surface area contributed by atoms with Gasteiger partial charge in [0, 0.05) is 36.1 Å². The molecular weight excluding hydrogens is 396 g/mol. The molecule has 1 aromatic heterocycles. The van der Waals surface area contributed by atoms with Gasteiger partial charge in [-0.3, -0.25) is 4.79 Å². The van der Waals surface area contributed by atoms with Gasteiger partial charge in [0.05, 0.1) is 20.3 Å². The van der Waals surface area contributed by atoms with Crippen molar-refractivity contribution < 1.29 is 14.3 Å². The Bertz CT molecular complexity index is 1070.